The summed E-state index contributed by atoms with van der Waals surface area (Å²) in [4.78, 5) is 116. The lowest BCUT2D eigenvalue weighted by Gasteiger charge is -2.13. The second-order valence-corrected chi connectivity index (χ2v) is 19.6. The van der Waals surface area contributed by atoms with Crippen LogP contribution in [0.1, 0.15) is 48.5 Å². The first-order chi connectivity index (χ1) is 42.4. The first-order valence-corrected chi connectivity index (χ1v) is 26.8. The lowest BCUT2D eigenvalue weighted by molar-refractivity contribution is -0.508. The molecule has 2 N–H and O–H groups in total. The first-order valence-electron chi connectivity index (χ1n) is 26.8. The number of para-hydroxylation sites is 4. The molecule has 24 heteroatoms. The molecule has 2 aliphatic heterocycles. The molecule has 0 radical (unpaired) electrons. The third kappa shape index (κ3) is 13.3. The van der Waals surface area contributed by atoms with E-state index in [1.54, 1.807) is 121 Å². The van der Waals surface area contributed by atoms with Crippen LogP contribution in [0.15, 0.2) is 172 Å². The molecule has 9 rings (SSSR count). The highest BCUT2D eigenvalue weighted by atomic mass is 16.6. The van der Waals surface area contributed by atoms with Crippen LogP contribution in [-0.2, 0) is 19.2 Å². The molecule has 8 bridgehead atoms. The van der Waals surface area contributed by atoms with Crippen LogP contribution in [-0.4, -0.2) is 87.7 Å². The SMILES string of the molecule is C=CC(CC(=O)Oc1ccccc1-c1c2nc(c(-c3ccccc3OC(=O)CC(C=C)[N+](=O)[O-])c3ccc([nH]3)c(-c3ccccc3OC(=O)CC(C=C)[N+](=O)[O-])c3nc(c(-c4ccccc4OC(=O)CC(C=C)[N+](=O)[O-])c4ccc1[nH]4)C=C3)C=C2)[N+](=O)[O-]. The summed E-state index contributed by atoms with van der Waals surface area (Å²) in [7, 11) is 0. The number of ether oxygens (including phenoxy) is 4. The van der Waals surface area contributed by atoms with Crippen molar-refractivity contribution >= 4 is 70.2 Å². The largest absolute Gasteiger partial charge is 0.426 e. The van der Waals surface area contributed by atoms with E-state index in [4.69, 9.17) is 28.9 Å². The molecule has 4 unspecified atom stereocenters. The Bertz CT molecular complexity index is 3780. The van der Waals surface area contributed by atoms with Gasteiger partial charge in [0.05, 0.1) is 22.8 Å². The van der Waals surface area contributed by atoms with Crippen LogP contribution >= 0.6 is 0 Å². The maximum Gasteiger partial charge on any atom is 0.318 e. The number of aromatic amines is 2. The van der Waals surface area contributed by atoms with E-state index < -0.39 is 93.4 Å². The fraction of sp³-hybridized carbons (Fsp3) is 0.125. The highest BCUT2D eigenvalue weighted by Crippen LogP contribution is 2.44. The zero-order valence-electron chi connectivity index (χ0n) is 46.3. The van der Waals surface area contributed by atoms with Crippen LogP contribution < -0.4 is 18.9 Å². The number of benzene rings is 4. The first kappa shape index (κ1) is 60.5. The topological polar surface area (TPSA) is 335 Å². The number of fused-ring (bicyclic) bond motifs is 8. The molecule has 24 nitrogen and oxygen atoms in total. The van der Waals surface area contributed by atoms with Gasteiger partial charge in [-0.25, -0.2) is 9.97 Å². The minimum absolute atomic E-state index is 0.0320. The van der Waals surface area contributed by atoms with Crippen molar-refractivity contribution in [3.05, 3.63) is 235 Å². The van der Waals surface area contributed by atoms with Crippen molar-refractivity contribution in [2.45, 2.75) is 49.9 Å². The molecule has 0 aliphatic carbocycles. The number of esters is 4. The average Bonchev–Trinajstić information content (AvgIpc) is 2.16. The molecular weight excluding hydrogens is 1140 g/mol. The van der Waals surface area contributed by atoms with Crippen molar-refractivity contribution in [2.24, 2.45) is 0 Å². The lowest BCUT2D eigenvalue weighted by Crippen LogP contribution is -2.23. The standard InChI is InChI=1S/C64H50N8O16/c1-5-37(69(77)78)33-57(73)85-53-21-13-9-17-41(53)61-45-25-27-47(65-45)62(42-18-10-14-22-54(42)86-58(74)34-38(6-2)70(79)80)49-29-31-51(67-49)64(44-20-12-16-24-56(44)88-60(76)36-40(8-4)72(83)84)52-32-30-50(68-52)63(48-28-26-46(61)66-48)43-19-11-15-23-55(43)87-59(75)35-39(7-3)71(81)82/h5-32,37-40,65,68H,1-4,33-36H2. The molecule has 5 heterocycles. The molecule has 0 amide bonds. The van der Waals surface area contributed by atoms with E-state index in [0.717, 1.165) is 24.3 Å². The quantitative estimate of drug-likeness (QED) is 0.0187. The zero-order valence-corrected chi connectivity index (χ0v) is 46.3. The van der Waals surface area contributed by atoms with Gasteiger partial charge in [0.1, 0.15) is 48.7 Å². The summed E-state index contributed by atoms with van der Waals surface area (Å²) in [6.07, 6.45) is 8.06. The van der Waals surface area contributed by atoms with Gasteiger partial charge in [-0.2, -0.15) is 0 Å². The maximum atomic E-state index is 13.6. The highest BCUT2D eigenvalue weighted by Gasteiger charge is 2.29. The van der Waals surface area contributed by atoms with Crippen molar-refractivity contribution in [3.8, 4) is 67.5 Å². The predicted molar refractivity (Wildman–Crippen MR) is 326 cm³/mol. The average molecular weight is 1190 g/mol. The number of nitrogens with one attached hydrogen (secondary N) is 2. The number of nitro groups is 4. The molecule has 0 spiro atoms. The molecule has 0 fully saturated rings. The lowest BCUT2D eigenvalue weighted by atomic mass is 10.0. The van der Waals surface area contributed by atoms with Crippen molar-refractivity contribution in [3.63, 3.8) is 0 Å². The molecule has 4 aromatic carbocycles. The van der Waals surface area contributed by atoms with E-state index in [2.05, 4.69) is 36.3 Å². The highest BCUT2D eigenvalue weighted by molar-refractivity contribution is 6.02. The molecule has 4 atom stereocenters. The smallest absolute Gasteiger partial charge is 0.318 e. The third-order valence-corrected chi connectivity index (χ3v) is 13.9. The molecule has 0 saturated heterocycles. The summed E-state index contributed by atoms with van der Waals surface area (Å²) >= 11 is 0. The second kappa shape index (κ2) is 26.7. The summed E-state index contributed by atoms with van der Waals surface area (Å²) in [5.41, 5.74) is 4.46. The Kier molecular flexibility index (Phi) is 18.3. The van der Waals surface area contributed by atoms with Crippen molar-refractivity contribution in [1.82, 2.24) is 19.9 Å². The Balaban J connectivity index is 1.40. The van der Waals surface area contributed by atoms with Gasteiger partial charge in [-0.3, -0.25) is 59.6 Å². The summed E-state index contributed by atoms with van der Waals surface area (Å²) in [6.45, 7) is 14.0. The van der Waals surface area contributed by atoms with Gasteiger partial charge in [0.15, 0.2) is 0 Å². The number of aromatic nitrogens is 4. The van der Waals surface area contributed by atoms with Crippen LogP contribution in [0, 0.1) is 40.5 Å². The monoisotopic (exact) mass is 1190 g/mol. The number of H-pyrrole nitrogens is 2. The molecular formula is C64H50N8O16. The molecule has 2 aliphatic rings. The Hall–Kier alpha value is -12.1. The van der Waals surface area contributed by atoms with E-state index >= 15 is 0 Å². The van der Waals surface area contributed by atoms with Crippen LogP contribution in [0.4, 0.5) is 0 Å². The van der Waals surface area contributed by atoms with Gasteiger partial charge in [0, 0.05) is 86.3 Å². The van der Waals surface area contributed by atoms with E-state index in [9.17, 15) is 59.6 Å². The van der Waals surface area contributed by atoms with Crippen LogP contribution in [0.5, 0.6) is 23.0 Å². The summed E-state index contributed by atoms with van der Waals surface area (Å²) in [5.74, 6) is -3.97. The third-order valence-electron chi connectivity index (χ3n) is 13.9. The van der Waals surface area contributed by atoms with Gasteiger partial charge in [-0.05, 0) is 97.1 Å². The number of hydrogen-bond acceptors (Lipinski definition) is 18. The molecule has 88 heavy (non-hydrogen) atoms. The van der Waals surface area contributed by atoms with Gasteiger partial charge in [0.25, 0.3) is 0 Å². The number of carbonyl (C=O) groups is 4. The summed E-state index contributed by atoms with van der Waals surface area (Å²) in [6, 6.07) is 26.4. The Morgan fingerprint density at radius 3 is 0.773 bits per heavy atom. The van der Waals surface area contributed by atoms with E-state index in [-0.39, 0.29) is 68.0 Å². The van der Waals surface area contributed by atoms with Crippen molar-refractivity contribution in [1.29, 1.82) is 0 Å². The van der Waals surface area contributed by atoms with Crippen molar-refractivity contribution < 1.29 is 57.8 Å². The predicted octanol–water partition coefficient (Wildman–Crippen LogP) is 11.8. The molecule has 7 aromatic rings. The van der Waals surface area contributed by atoms with Gasteiger partial charge in [0.2, 0.25) is 24.2 Å². The fourth-order valence-corrected chi connectivity index (χ4v) is 9.70. The second-order valence-electron chi connectivity index (χ2n) is 19.6. The zero-order chi connectivity index (χ0) is 62.8. The van der Waals surface area contributed by atoms with Crippen molar-refractivity contribution in [2.75, 3.05) is 0 Å². The van der Waals surface area contributed by atoms with E-state index in [1.807, 2.05) is 0 Å². The number of hydrogen-bond donors (Lipinski definition) is 2. The number of rotatable bonds is 24. The van der Waals surface area contributed by atoms with E-state index in [1.165, 1.54) is 24.3 Å². The van der Waals surface area contributed by atoms with Gasteiger partial charge in [-0.1, -0.05) is 99.1 Å². The molecule has 442 valence electrons. The van der Waals surface area contributed by atoms with Crippen LogP contribution in [0.2, 0.25) is 0 Å². The molecule has 0 saturated carbocycles. The minimum atomic E-state index is -1.47. The molecule has 3 aromatic heterocycles. The summed E-state index contributed by atoms with van der Waals surface area (Å²) in [5, 5.41) is 47.3. The van der Waals surface area contributed by atoms with E-state index in [0.29, 0.717) is 44.3 Å². The number of nitrogens with zero attached hydrogens (tertiary/aromatic N) is 6. The van der Waals surface area contributed by atoms with Gasteiger partial charge in [-0.15, -0.1) is 0 Å². The fourth-order valence-electron chi connectivity index (χ4n) is 9.70. The van der Waals surface area contributed by atoms with Gasteiger partial charge < -0.3 is 28.9 Å². The normalized spacial score (nSPS) is 12.7. The van der Waals surface area contributed by atoms with Crippen LogP contribution in [0.3, 0.4) is 0 Å². The van der Waals surface area contributed by atoms with Crippen LogP contribution in [0.25, 0.3) is 90.9 Å². The summed E-state index contributed by atoms with van der Waals surface area (Å²) < 4.78 is 23.7. The van der Waals surface area contributed by atoms with Gasteiger partial charge >= 0.3 is 23.9 Å². The Morgan fingerprint density at radius 2 is 0.580 bits per heavy atom. The Labute approximate surface area is 498 Å². The number of carbonyl (C=O) groups excluding carboxylic acids is 4. The Morgan fingerprint density at radius 1 is 0.375 bits per heavy atom. The minimum Gasteiger partial charge on any atom is -0.426 e. The maximum absolute atomic E-state index is 13.6.